The average Bonchev–Trinajstić information content (AvgIpc) is 3.56. The smallest absolute Gasteiger partial charge is 0.475 e. The highest BCUT2D eigenvalue weighted by Crippen LogP contribution is 2.21. The molecule has 1 unspecified atom stereocenters. The van der Waals surface area contributed by atoms with Crippen LogP contribution >= 0.6 is 0 Å². The fourth-order valence-electron chi connectivity index (χ4n) is 4.15. The summed E-state index contributed by atoms with van der Waals surface area (Å²) in [4.78, 5) is 32.6. The third-order valence-corrected chi connectivity index (χ3v) is 6.05. The second kappa shape index (κ2) is 14.2. The summed E-state index contributed by atoms with van der Waals surface area (Å²) < 4.78 is 70.9. The number of fused-ring (bicyclic) bond motifs is 1. The summed E-state index contributed by atoms with van der Waals surface area (Å²) in [6.45, 7) is 4.95. The van der Waals surface area contributed by atoms with E-state index in [2.05, 4.69) is 10.2 Å². The fraction of sp³-hybridized carbons (Fsp3) is 0.542. The topological polar surface area (TPSA) is 125 Å². The molecule has 3 N–H and O–H groups in total. The number of carboxylic acids is 2. The van der Waals surface area contributed by atoms with Crippen LogP contribution in [-0.4, -0.2) is 69.6 Å². The number of rotatable bonds is 6. The van der Waals surface area contributed by atoms with Crippen LogP contribution in [-0.2, 0) is 35.5 Å². The summed E-state index contributed by atoms with van der Waals surface area (Å²) in [7, 11) is 0. The number of carbonyl (C=O) groups is 2. The van der Waals surface area contributed by atoms with Crippen molar-refractivity contribution in [1.29, 1.82) is 0 Å². The molecule has 1 aliphatic carbocycles. The van der Waals surface area contributed by atoms with Crippen LogP contribution in [0.2, 0.25) is 0 Å². The molecule has 1 fully saturated rings. The van der Waals surface area contributed by atoms with Gasteiger partial charge in [0.15, 0.2) is 0 Å². The molecule has 0 radical (unpaired) electrons. The van der Waals surface area contributed by atoms with Crippen molar-refractivity contribution in [2.75, 3.05) is 19.6 Å². The SMILES string of the molecule is O=C(O)C(F)(F)F.O=C(O)C(F)(F)F.O=c1ccc2c(n1CCN1CCCC1)CCC(NCc1ccco1)C2. The number of pyridine rings is 1. The van der Waals surface area contributed by atoms with E-state index in [9.17, 15) is 31.1 Å². The van der Waals surface area contributed by atoms with E-state index in [4.69, 9.17) is 24.2 Å². The Kier molecular flexibility index (Phi) is 11.6. The Morgan fingerprint density at radius 2 is 1.56 bits per heavy atom. The van der Waals surface area contributed by atoms with Crippen molar-refractivity contribution in [3.63, 3.8) is 0 Å². The first kappa shape index (κ1) is 31.9. The van der Waals surface area contributed by atoms with E-state index in [1.54, 1.807) is 12.3 Å². The summed E-state index contributed by atoms with van der Waals surface area (Å²) in [5.41, 5.74) is 2.73. The second-order valence-electron chi connectivity index (χ2n) is 8.85. The van der Waals surface area contributed by atoms with Crippen molar-refractivity contribution in [2.24, 2.45) is 0 Å². The molecule has 2 aliphatic rings. The van der Waals surface area contributed by atoms with Crippen LogP contribution in [0, 0.1) is 0 Å². The molecule has 0 aromatic carbocycles. The van der Waals surface area contributed by atoms with Gasteiger partial charge in [0.25, 0.3) is 5.56 Å². The molecule has 218 valence electrons. The first-order chi connectivity index (χ1) is 18.2. The minimum atomic E-state index is -5.08. The summed E-state index contributed by atoms with van der Waals surface area (Å²) in [5.74, 6) is -4.54. The Balaban J connectivity index is 0.000000317. The highest BCUT2D eigenvalue weighted by atomic mass is 19.4. The zero-order chi connectivity index (χ0) is 29.2. The van der Waals surface area contributed by atoms with E-state index in [0.29, 0.717) is 6.04 Å². The van der Waals surface area contributed by atoms with Crippen molar-refractivity contribution < 1.29 is 50.6 Å². The number of aromatic nitrogens is 1. The molecular weight excluding hydrogens is 540 g/mol. The molecule has 0 spiro atoms. The molecular formula is C24H29F6N3O6. The molecule has 0 bridgehead atoms. The lowest BCUT2D eigenvalue weighted by molar-refractivity contribution is -0.193. The van der Waals surface area contributed by atoms with Crippen LogP contribution in [0.25, 0.3) is 0 Å². The highest BCUT2D eigenvalue weighted by Gasteiger charge is 2.38. The molecule has 4 rings (SSSR count). The van der Waals surface area contributed by atoms with Crippen LogP contribution in [0.4, 0.5) is 26.3 Å². The maximum absolute atomic E-state index is 12.4. The normalized spacial score (nSPS) is 17.3. The highest BCUT2D eigenvalue weighted by molar-refractivity contribution is 5.73. The summed E-state index contributed by atoms with van der Waals surface area (Å²) in [6, 6.07) is 8.15. The molecule has 9 nitrogen and oxygen atoms in total. The summed E-state index contributed by atoms with van der Waals surface area (Å²) in [6.07, 6.45) is -2.83. The standard InChI is InChI=1S/C20H27N3O2.2C2HF3O2/c24-20-8-5-16-14-17(21-15-18-4-3-13-25-18)6-7-19(16)23(20)12-11-22-9-1-2-10-22;2*3-2(4,5)1(6)7/h3-5,8,13,17,21H,1-2,6-7,9-12,14-15H2;2*(H,6,7). The van der Waals surface area contributed by atoms with Gasteiger partial charge in [0, 0.05) is 30.9 Å². The minimum absolute atomic E-state index is 0.153. The first-order valence-electron chi connectivity index (χ1n) is 12.0. The largest absolute Gasteiger partial charge is 0.490 e. The number of alkyl halides is 6. The molecule has 2 aromatic rings. The molecule has 39 heavy (non-hydrogen) atoms. The number of furan rings is 1. The van der Waals surface area contributed by atoms with Gasteiger partial charge in [0.2, 0.25) is 0 Å². The lowest BCUT2D eigenvalue weighted by atomic mass is 9.91. The molecule has 0 amide bonds. The second-order valence-corrected chi connectivity index (χ2v) is 8.85. The zero-order valence-corrected chi connectivity index (χ0v) is 20.7. The minimum Gasteiger partial charge on any atom is -0.475 e. The van der Waals surface area contributed by atoms with Crippen LogP contribution in [0.15, 0.2) is 39.7 Å². The number of halogens is 6. The Hall–Kier alpha value is -3.33. The van der Waals surface area contributed by atoms with Gasteiger partial charge in [-0.3, -0.25) is 4.79 Å². The van der Waals surface area contributed by atoms with Gasteiger partial charge in [-0.15, -0.1) is 0 Å². The van der Waals surface area contributed by atoms with Gasteiger partial charge in [-0.05, 0) is 62.9 Å². The van der Waals surface area contributed by atoms with E-state index in [0.717, 1.165) is 44.7 Å². The molecule has 1 saturated heterocycles. The van der Waals surface area contributed by atoms with Crippen molar-refractivity contribution >= 4 is 11.9 Å². The Bertz CT molecular complexity index is 1100. The number of carboxylic acid groups (broad SMARTS) is 2. The average molecular weight is 569 g/mol. The van der Waals surface area contributed by atoms with Crippen molar-refractivity contribution in [2.45, 2.75) is 63.6 Å². The van der Waals surface area contributed by atoms with Crippen molar-refractivity contribution in [3.8, 4) is 0 Å². The van der Waals surface area contributed by atoms with Crippen molar-refractivity contribution in [3.05, 3.63) is 57.9 Å². The summed E-state index contributed by atoms with van der Waals surface area (Å²) >= 11 is 0. The van der Waals surface area contributed by atoms with E-state index >= 15 is 0 Å². The van der Waals surface area contributed by atoms with Crippen LogP contribution in [0.5, 0.6) is 0 Å². The molecule has 3 heterocycles. The molecule has 1 aliphatic heterocycles. The van der Waals surface area contributed by atoms with Gasteiger partial charge in [-0.1, -0.05) is 6.07 Å². The van der Waals surface area contributed by atoms with Gasteiger partial charge in [-0.2, -0.15) is 26.3 Å². The van der Waals surface area contributed by atoms with E-state index < -0.39 is 24.3 Å². The monoisotopic (exact) mass is 569 g/mol. The molecule has 0 saturated carbocycles. The van der Waals surface area contributed by atoms with Gasteiger partial charge in [0.1, 0.15) is 5.76 Å². The molecule has 2 aromatic heterocycles. The van der Waals surface area contributed by atoms with E-state index in [1.807, 2.05) is 22.8 Å². The van der Waals surface area contributed by atoms with Crippen LogP contribution in [0.1, 0.15) is 36.3 Å². The molecule has 1 atom stereocenters. The Labute approximate surface area is 219 Å². The Morgan fingerprint density at radius 1 is 0.974 bits per heavy atom. The number of nitrogens with one attached hydrogen (secondary N) is 1. The van der Waals surface area contributed by atoms with Gasteiger partial charge in [-0.25, -0.2) is 9.59 Å². The number of nitrogens with zero attached hydrogens (tertiary/aromatic N) is 2. The maximum atomic E-state index is 12.4. The van der Waals surface area contributed by atoms with Crippen LogP contribution in [0.3, 0.4) is 0 Å². The van der Waals surface area contributed by atoms with Gasteiger partial charge >= 0.3 is 24.3 Å². The quantitative estimate of drug-likeness (QED) is 0.452. The third-order valence-electron chi connectivity index (χ3n) is 6.05. The molecule has 15 heteroatoms. The van der Waals surface area contributed by atoms with Gasteiger partial charge < -0.3 is 29.4 Å². The number of aliphatic carboxylic acids is 2. The predicted octanol–water partition coefficient (Wildman–Crippen LogP) is 3.45. The lowest BCUT2D eigenvalue weighted by Crippen LogP contribution is -2.38. The van der Waals surface area contributed by atoms with Gasteiger partial charge in [0.05, 0.1) is 12.8 Å². The zero-order valence-electron chi connectivity index (χ0n) is 20.7. The van der Waals surface area contributed by atoms with Crippen molar-refractivity contribution in [1.82, 2.24) is 14.8 Å². The predicted molar refractivity (Wildman–Crippen MR) is 125 cm³/mol. The van der Waals surface area contributed by atoms with E-state index in [-0.39, 0.29) is 5.56 Å². The lowest BCUT2D eigenvalue weighted by Gasteiger charge is -2.28. The first-order valence-corrected chi connectivity index (χ1v) is 12.0. The summed E-state index contributed by atoms with van der Waals surface area (Å²) in [5, 5.41) is 17.8. The number of hydrogen-bond acceptors (Lipinski definition) is 6. The number of likely N-dealkylation sites (tertiary alicyclic amines) is 1. The van der Waals surface area contributed by atoms with E-state index in [1.165, 1.54) is 37.2 Å². The Morgan fingerprint density at radius 3 is 2.08 bits per heavy atom. The maximum Gasteiger partial charge on any atom is 0.490 e. The third kappa shape index (κ3) is 10.8. The fourth-order valence-corrected chi connectivity index (χ4v) is 4.15. The van der Waals surface area contributed by atoms with Crippen LogP contribution < -0.4 is 10.9 Å². The number of hydrogen-bond donors (Lipinski definition) is 3.